The van der Waals surface area contributed by atoms with Gasteiger partial charge in [-0.1, -0.05) is 25.7 Å². The van der Waals surface area contributed by atoms with Gasteiger partial charge in [-0.2, -0.15) is 9.78 Å². The van der Waals surface area contributed by atoms with Crippen molar-refractivity contribution >= 4 is 17.5 Å². The molecule has 0 aliphatic heterocycles. The zero-order chi connectivity index (χ0) is 16.2. The van der Waals surface area contributed by atoms with Crippen molar-refractivity contribution in [3.05, 3.63) is 18.0 Å². The summed E-state index contributed by atoms with van der Waals surface area (Å²) in [6.07, 6.45) is 3.59. The first kappa shape index (κ1) is 17.1. The van der Waals surface area contributed by atoms with Crippen LogP contribution in [0.5, 0.6) is 0 Å². The Balaban J connectivity index is 2.12. The summed E-state index contributed by atoms with van der Waals surface area (Å²) in [5.41, 5.74) is 0.361. The molecule has 0 unspecified atom stereocenters. The lowest BCUT2D eigenvalue weighted by Crippen LogP contribution is -2.40. The highest BCUT2D eigenvalue weighted by Gasteiger charge is 2.32. The molecule has 0 bridgehead atoms. The van der Waals surface area contributed by atoms with Gasteiger partial charge in [-0.25, -0.2) is 0 Å². The Morgan fingerprint density at radius 3 is 2.45 bits per heavy atom. The largest absolute Gasteiger partial charge is 0.504 e. The number of nitrogens with zero attached hydrogens (tertiary/aromatic N) is 3. The van der Waals surface area contributed by atoms with Crippen LogP contribution in [-0.2, 0) is 17.6 Å². The molecule has 1 heterocycles. The average molecular weight is 338 g/mol. The monoisotopic (exact) mass is 337 g/mol. The second kappa shape index (κ2) is 7.35. The minimum Gasteiger partial charge on any atom is -0.334 e. The van der Waals surface area contributed by atoms with Gasteiger partial charge in [0.1, 0.15) is 5.88 Å². The Bertz CT molecular complexity index is 496. The molecule has 0 N–H and O–H groups in total. The molecule has 22 heavy (non-hydrogen) atoms. The molecule has 1 aliphatic rings. The van der Waals surface area contributed by atoms with Crippen LogP contribution in [0, 0.1) is 0 Å². The van der Waals surface area contributed by atoms with Crippen molar-refractivity contribution in [1.82, 2.24) is 14.7 Å². The number of rotatable bonds is 4. The first-order chi connectivity index (χ1) is 10.4. The van der Waals surface area contributed by atoms with E-state index in [1.165, 1.54) is 0 Å². The number of amides is 1. The predicted molar refractivity (Wildman–Crippen MR) is 76.3 cm³/mol. The molecule has 124 valence electrons. The molecule has 0 saturated heterocycles. The number of halogens is 4. The van der Waals surface area contributed by atoms with Gasteiger partial charge in [-0.3, -0.25) is 4.79 Å². The van der Waals surface area contributed by atoms with Crippen molar-refractivity contribution < 1.29 is 18.0 Å². The van der Waals surface area contributed by atoms with Gasteiger partial charge in [-0.15, -0.1) is 24.8 Å². The van der Waals surface area contributed by atoms with Gasteiger partial charge in [-0.05, 0) is 12.8 Å². The fourth-order valence-electron chi connectivity index (χ4n) is 2.84. The second-order valence-electron chi connectivity index (χ2n) is 5.56. The van der Waals surface area contributed by atoms with Gasteiger partial charge in [0.15, 0.2) is 0 Å². The predicted octanol–water partition coefficient (Wildman–Crippen LogP) is 3.65. The highest BCUT2D eigenvalue weighted by molar-refractivity contribution is 6.27. The Kier molecular flexibility index (Phi) is 5.72. The fourth-order valence-corrected chi connectivity index (χ4v) is 3.00. The van der Waals surface area contributed by atoms with Crippen LogP contribution >= 0.6 is 11.6 Å². The van der Waals surface area contributed by atoms with E-state index in [9.17, 15) is 18.0 Å². The quantitative estimate of drug-likeness (QED) is 0.621. The van der Waals surface area contributed by atoms with Gasteiger partial charge in [0.2, 0.25) is 5.91 Å². The lowest BCUT2D eigenvalue weighted by Gasteiger charge is -2.30. The van der Waals surface area contributed by atoms with Crippen LogP contribution in [0.1, 0.15) is 44.1 Å². The number of hydrogen-bond acceptors (Lipinski definition) is 2. The third-order valence-corrected chi connectivity index (χ3v) is 4.18. The number of carbonyl (C=O) groups is 1. The maximum Gasteiger partial charge on any atom is 0.504 e. The molecule has 0 spiro atoms. The molecule has 1 amide bonds. The molecule has 0 atom stereocenters. The summed E-state index contributed by atoms with van der Waals surface area (Å²) in [7, 11) is 0. The highest BCUT2D eigenvalue weighted by atomic mass is 35.5. The van der Waals surface area contributed by atoms with Crippen LogP contribution in [0.25, 0.3) is 0 Å². The Labute approximate surface area is 132 Å². The lowest BCUT2D eigenvalue weighted by atomic mass is 10.1. The minimum absolute atomic E-state index is 0.0429. The zero-order valence-electron chi connectivity index (χ0n) is 12.2. The van der Waals surface area contributed by atoms with Crippen LogP contribution in [0.4, 0.5) is 13.2 Å². The molecule has 2 rings (SSSR count). The van der Waals surface area contributed by atoms with Gasteiger partial charge in [0, 0.05) is 24.3 Å². The van der Waals surface area contributed by atoms with Crippen LogP contribution in [0.2, 0.25) is 0 Å². The Morgan fingerprint density at radius 2 is 1.95 bits per heavy atom. The molecule has 1 saturated carbocycles. The minimum atomic E-state index is -4.54. The molecule has 8 heteroatoms. The molecule has 1 aromatic heterocycles. The Morgan fingerprint density at radius 1 is 1.32 bits per heavy atom. The maximum absolute atomic E-state index is 12.6. The summed E-state index contributed by atoms with van der Waals surface area (Å²) in [4.78, 5) is 13.7. The van der Waals surface area contributed by atoms with Crippen molar-refractivity contribution in [2.24, 2.45) is 0 Å². The summed E-state index contributed by atoms with van der Waals surface area (Å²) in [5.74, 6) is -0.405. The van der Waals surface area contributed by atoms with Crippen molar-refractivity contribution in [3.8, 4) is 0 Å². The molecule has 1 aliphatic carbocycles. The van der Waals surface area contributed by atoms with Gasteiger partial charge in [0.05, 0.1) is 6.20 Å². The molecule has 0 aromatic carbocycles. The molecular weight excluding hydrogens is 319 g/mol. The van der Waals surface area contributed by atoms with Crippen LogP contribution in [0.15, 0.2) is 12.4 Å². The number of hydrogen-bond donors (Lipinski definition) is 0. The van der Waals surface area contributed by atoms with E-state index in [0.717, 1.165) is 50.9 Å². The normalized spacial score (nSPS) is 17.3. The Hall–Kier alpha value is -1.24. The summed E-state index contributed by atoms with van der Waals surface area (Å²) in [6.45, 7) is 0.117. The van der Waals surface area contributed by atoms with E-state index in [0.29, 0.717) is 5.56 Å². The zero-order valence-corrected chi connectivity index (χ0v) is 12.9. The van der Waals surface area contributed by atoms with Crippen molar-refractivity contribution in [2.45, 2.75) is 57.4 Å². The molecule has 0 radical (unpaired) electrons. The molecule has 1 fully saturated rings. The third-order valence-electron chi connectivity index (χ3n) is 3.95. The van der Waals surface area contributed by atoms with E-state index in [1.807, 2.05) is 0 Å². The van der Waals surface area contributed by atoms with Gasteiger partial charge >= 0.3 is 6.30 Å². The van der Waals surface area contributed by atoms with Crippen molar-refractivity contribution in [3.63, 3.8) is 0 Å². The van der Waals surface area contributed by atoms with E-state index < -0.39 is 6.30 Å². The van der Waals surface area contributed by atoms with Crippen LogP contribution in [0.3, 0.4) is 0 Å². The van der Waals surface area contributed by atoms with E-state index >= 15 is 0 Å². The summed E-state index contributed by atoms with van der Waals surface area (Å²) >= 11 is 5.66. The smallest absolute Gasteiger partial charge is 0.334 e. The number of alkyl halides is 4. The summed E-state index contributed by atoms with van der Waals surface area (Å²) < 4.78 is 37.7. The molecular formula is C14H19ClF3N3O. The first-order valence-corrected chi connectivity index (χ1v) is 7.91. The van der Waals surface area contributed by atoms with E-state index in [-0.39, 0.29) is 29.1 Å². The van der Waals surface area contributed by atoms with Crippen molar-refractivity contribution in [1.29, 1.82) is 0 Å². The highest BCUT2D eigenvalue weighted by Crippen LogP contribution is 2.25. The topological polar surface area (TPSA) is 38.1 Å². The third kappa shape index (κ3) is 4.38. The SMILES string of the molecule is O=C(CCl)N(Cc1cnn(C(F)(F)F)c1)C1CCCCCC1. The van der Waals surface area contributed by atoms with Crippen LogP contribution < -0.4 is 0 Å². The standard InChI is InChI=1S/C14H19ClF3N3O/c15-7-13(22)20(12-5-3-1-2-4-6-12)9-11-8-19-21(10-11)14(16,17)18/h8,10,12H,1-7,9H2. The molecule has 1 aromatic rings. The first-order valence-electron chi connectivity index (χ1n) is 7.38. The van der Waals surface area contributed by atoms with Crippen LogP contribution in [-0.4, -0.2) is 32.5 Å². The van der Waals surface area contributed by atoms with E-state index in [4.69, 9.17) is 11.6 Å². The van der Waals surface area contributed by atoms with Gasteiger partial charge in [0.25, 0.3) is 0 Å². The molecule has 4 nitrogen and oxygen atoms in total. The number of carbonyl (C=O) groups excluding carboxylic acids is 1. The van der Waals surface area contributed by atoms with Gasteiger partial charge < -0.3 is 4.90 Å². The van der Waals surface area contributed by atoms with E-state index in [2.05, 4.69) is 5.10 Å². The average Bonchev–Trinajstić information content (AvgIpc) is 2.79. The number of aromatic nitrogens is 2. The summed E-state index contributed by atoms with van der Waals surface area (Å²) in [6, 6.07) is 0.0444. The lowest BCUT2D eigenvalue weighted by molar-refractivity contribution is -0.212. The maximum atomic E-state index is 12.6. The summed E-state index contributed by atoms with van der Waals surface area (Å²) in [5, 5.41) is 3.31. The van der Waals surface area contributed by atoms with E-state index in [1.54, 1.807) is 4.90 Å². The van der Waals surface area contributed by atoms with Crippen molar-refractivity contribution in [2.75, 3.05) is 5.88 Å². The fraction of sp³-hybridized carbons (Fsp3) is 0.714. The second-order valence-corrected chi connectivity index (χ2v) is 5.83.